The summed E-state index contributed by atoms with van der Waals surface area (Å²) in [5.41, 5.74) is 0.887. The molecule has 0 radical (unpaired) electrons. The second-order valence-electron chi connectivity index (χ2n) is 4.83. The van der Waals surface area contributed by atoms with Gasteiger partial charge in [-0.25, -0.2) is 0 Å². The van der Waals surface area contributed by atoms with Crippen molar-refractivity contribution in [3.05, 3.63) is 32.8 Å². The first kappa shape index (κ1) is 14.8. The molecular weight excluding hydrogens is 309 g/mol. The number of benzene rings is 1. The minimum atomic E-state index is 0.345. The molecule has 1 atom stereocenters. The van der Waals surface area contributed by atoms with Crippen LogP contribution in [0.5, 0.6) is 0 Å². The number of hydrogen-bond donors (Lipinski definition) is 1. The van der Waals surface area contributed by atoms with Crippen LogP contribution in [0.4, 0.5) is 0 Å². The second kappa shape index (κ2) is 6.23. The van der Waals surface area contributed by atoms with E-state index >= 15 is 0 Å². The van der Waals surface area contributed by atoms with Crippen LogP contribution in [0.3, 0.4) is 0 Å². The van der Waals surface area contributed by atoms with E-state index in [0.29, 0.717) is 26.4 Å². The molecule has 100 valence electrons. The predicted molar refractivity (Wildman–Crippen MR) is 83.3 cm³/mol. The van der Waals surface area contributed by atoms with Crippen molar-refractivity contribution in [1.82, 2.24) is 5.32 Å². The molecule has 1 unspecified atom stereocenters. The lowest BCUT2D eigenvalue weighted by Gasteiger charge is -2.23. The molecule has 2 rings (SSSR count). The van der Waals surface area contributed by atoms with Gasteiger partial charge in [0.2, 0.25) is 0 Å². The molecule has 5 heteroatoms. The van der Waals surface area contributed by atoms with Gasteiger partial charge in [-0.3, -0.25) is 0 Å². The van der Waals surface area contributed by atoms with Gasteiger partial charge in [-0.2, -0.15) is 11.8 Å². The summed E-state index contributed by atoms with van der Waals surface area (Å²) in [6.45, 7) is 3.93. The minimum Gasteiger partial charge on any atom is -0.311 e. The molecular formula is C13H16Cl3NS. The van der Waals surface area contributed by atoms with Gasteiger partial charge in [0.15, 0.2) is 0 Å². The average Bonchev–Trinajstić information content (AvgIpc) is 2.76. The van der Waals surface area contributed by atoms with E-state index in [0.717, 1.165) is 12.1 Å². The zero-order valence-corrected chi connectivity index (χ0v) is 13.3. The Hall–Kier alpha value is 0.400. The Balaban J connectivity index is 1.96. The van der Waals surface area contributed by atoms with E-state index < -0.39 is 0 Å². The van der Waals surface area contributed by atoms with Crippen molar-refractivity contribution >= 4 is 46.6 Å². The number of rotatable bonds is 4. The molecule has 1 saturated heterocycles. The van der Waals surface area contributed by atoms with Crippen molar-refractivity contribution in [1.29, 1.82) is 0 Å². The molecule has 1 N–H and O–H groups in total. The number of hydrogen-bond acceptors (Lipinski definition) is 2. The van der Waals surface area contributed by atoms with Crippen LogP contribution in [0.25, 0.3) is 0 Å². The average molecular weight is 325 g/mol. The monoisotopic (exact) mass is 323 g/mol. The molecule has 1 aromatic rings. The van der Waals surface area contributed by atoms with Crippen LogP contribution in [0.1, 0.15) is 25.3 Å². The maximum absolute atomic E-state index is 6.17. The Kier molecular flexibility index (Phi) is 5.13. The van der Waals surface area contributed by atoms with Crippen LogP contribution in [0.2, 0.25) is 15.1 Å². The highest BCUT2D eigenvalue weighted by Gasteiger charge is 2.28. The lowest BCUT2D eigenvalue weighted by atomic mass is 10.1. The van der Waals surface area contributed by atoms with Crippen LogP contribution >= 0.6 is 46.6 Å². The first-order valence-corrected chi connectivity index (χ1v) is 8.11. The molecule has 1 nitrogen and oxygen atoms in total. The molecule has 1 aromatic carbocycles. The van der Waals surface area contributed by atoms with Gasteiger partial charge in [0.1, 0.15) is 0 Å². The van der Waals surface area contributed by atoms with Crippen molar-refractivity contribution in [2.75, 3.05) is 12.3 Å². The van der Waals surface area contributed by atoms with E-state index in [-0.39, 0.29) is 0 Å². The van der Waals surface area contributed by atoms with Crippen LogP contribution in [0, 0.1) is 0 Å². The van der Waals surface area contributed by atoms with E-state index in [4.69, 9.17) is 34.8 Å². The standard InChI is InChI=1S/C13H16Cl3NS/c1-13(5-2-6-18-13)8-17-7-9-10(14)3-4-11(15)12(9)16/h3-4,17H,2,5-8H2,1H3. The summed E-state index contributed by atoms with van der Waals surface area (Å²) < 4.78 is 0.345. The molecule has 1 fully saturated rings. The topological polar surface area (TPSA) is 12.0 Å². The van der Waals surface area contributed by atoms with E-state index in [1.165, 1.54) is 18.6 Å². The summed E-state index contributed by atoms with van der Waals surface area (Å²) in [5.74, 6) is 1.26. The fourth-order valence-corrected chi connectivity index (χ4v) is 4.11. The smallest absolute Gasteiger partial charge is 0.0652 e. The van der Waals surface area contributed by atoms with Crippen LogP contribution in [-0.4, -0.2) is 17.0 Å². The first-order chi connectivity index (χ1) is 8.52. The minimum absolute atomic E-state index is 0.345. The Morgan fingerprint density at radius 1 is 1.28 bits per heavy atom. The summed E-state index contributed by atoms with van der Waals surface area (Å²) in [6, 6.07) is 3.52. The second-order valence-corrected chi connectivity index (χ2v) is 7.70. The summed E-state index contributed by atoms with van der Waals surface area (Å²) in [4.78, 5) is 0. The summed E-state index contributed by atoms with van der Waals surface area (Å²) in [7, 11) is 0. The number of halogens is 3. The van der Waals surface area contributed by atoms with Crippen molar-refractivity contribution in [3.63, 3.8) is 0 Å². The van der Waals surface area contributed by atoms with Crippen LogP contribution in [0.15, 0.2) is 12.1 Å². The van der Waals surface area contributed by atoms with Gasteiger partial charge in [0.05, 0.1) is 10.0 Å². The van der Waals surface area contributed by atoms with Gasteiger partial charge in [0.25, 0.3) is 0 Å². The molecule has 0 saturated carbocycles. The van der Waals surface area contributed by atoms with Gasteiger partial charge in [-0.05, 0) is 37.7 Å². The van der Waals surface area contributed by atoms with Crippen molar-refractivity contribution in [3.8, 4) is 0 Å². The number of nitrogens with one attached hydrogen (secondary N) is 1. The van der Waals surface area contributed by atoms with E-state index in [2.05, 4.69) is 12.2 Å². The highest BCUT2D eigenvalue weighted by atomic mass is 35.5. The lowest BCUT2D eigenvalue weighted by molar-refractivity contribution is 0.537. The highest BCUT2D eigenvalue weighted by molar-refractivity contribution is 8.00. The third-order valence-corrected chi connectivity index (χ3v) is 5.98. The van der Waals surface area contributed by atoms with Gasteiger partial charge in [-0.15, -0.1) is 0 Å². The molecule has 0 aliphatic carbocycles. The molecule has 1 heterocycles. The normalized spacial score (nSPS) is 23.6. The molecule has 0 amide bonds. The van der Waals surface area contributed by atoms with Crippen molar-refractivity contribution in [2.24, 2.45) is 0 Å². The summed E-state index contributed by atoms with van der Waals surface area (Å²) >= 11 is 20.3. The maximum atomic E-state index is 6.17. The fourth-order valence-electron chi connectivity index (χ4n) is 2.16. The molecule has 0 aromatic heterocycles. The Morgan fingerprint density at radius 2 is 2.00 bits per heavy atom. The zero-order chi connectivity index (χ0) is 13.2. The Labute approximate surface area is 128 Å². The molecule has 0 bridgehead atoms. The SMILES string of the molecule is CC1(CNCc2c(Cl)ccc(Cl)c2Cl)CCCS1. The quantitative estimate of drug-likeness (QED) is 0.780. The lowest BCUT2D eigenvalue weighted by Crippen LogP contribution is -2.32. The van der Waals surface area contributed by atoms with E-state index in [9.17, 15) is 0 Å². The largest absolute Gasteiger partial charge is 0.311 e. The van der Waals surface area contributed by atoms with Crippen molar-refractivity contribution < 1.29 is 0 Å². The predicted octanol–water partition coefficient (Wildman–Crippen LogP) is 5.02. The molecule has 1 aliphatic rings. The van der Waals surface area contributed by atoms with E-state index in [1.807, 2.05) is 11.8 Å². The van der Waals surface area contributed by atoms with Gasteiger partial charge in [-0.1, -0.05) is 34.8 Å². The molecule has 18 heavy (non-hydrogen) atoms. The first-order valence-electron chi connectivity index (χ1n) is 5.99. The van der Waals surface area contributed by atoms with Gasteiger partial charge < -0.3 is 5.32 Å². The Morgan fingerprint density at radius 3 is 2.67 bits per heavy atom. The third-order valence-electron chi connectivity index (χ3n) is 3.24. The highest BCUT2D eigenvalue weighted by Crippen LogP contribution is 2.37. The third kappa shape index (κ3) is 3.49. The maximum Gasteiger partial charge on any atom is 0.0652 e. The fraction of sp³-hybridized carbons (Fsp3) is 0.538. The summed E-state index contributed by atoms with van der Waals surface area (Å²) in [6.07, 6.45) is 2.57. The zero-order valence-electron chi connectivity index (χ0n) is 10.2. The van der Waals surface area contributed by atoms with Crippen molar-refractivity contribution in [2.45, 2.75) is 31.1 Å². The molecule has 0 spiro atoms. The summed E-state index contributed by atoms with van der Waals surface area (Å²) in [5, 5.41) is 5.22. The van der Waals surface area contributed by atoms with Crippen LogP contribution < -0.4 is 5.32 Å². The van der Waals surface area contributed by atoms with E-state index in [1.54, 1.807) is 12.1 Å². The molecule has 1 aliphatic heterocycles. The van der Waals surface area contributed by atoms with Gasteiger partial charge in [0, 0.05) is 28.4 Å². The number of thioether (sulfide) groups is 1. The van der Waals surface area contributed by atoms with Crippen LogP contribution in [-0.2, 0) is 6.54 Å². The Bertz CT molecular complexity index is 430. The van der Waals surface area contributed by atoms with Gasteiger partial charge >= 0.3 is 0 Å².